The maximum atomic E-state index is 6.70. The Morgan fingerprint density at radius 3 is 2.00 bits per heavy atom. The van der Waals surface area contributed by atoms with E-state index in [4.69, 9.17) is 23.8 Å². The zero-order valence-electron chi connectivity index (χ0n) is 31.5. The molecule has 7 aromatic carbocycles. The highest BCUT2D eigenvalue weighted by molar-refractivity contribution is 6.12. The van der Waals surface area contributed by atoms with E-state index in [0.717, 1.165) is 91.3 Å². The number of nitrogens with zero attached hydrogens (tertiary/aromatic N) is 3. The van der Waals surface area contributed by atoms with Crippen LogP contribution < -0.4 is 0 Å². The third-order valence-corrected chi connectivity index (χ3v) is 12.0. The summed E-state index contributed by atoms with van der Waals surface area (Å²) in [4.78, 5) is 15.8. The molecule has 5 nitrogen and oxygen atoms in total. The Morgan fingerprint density at radius 1 is 0.500 bits per heavy atom. The summed E-state index contributed by atoms with van der Waals surface area (Å²) in [6.07, 6.45) is 7.39. The molecule has 0 bridgehead atoms. The van der Waals surface area contributed by atoms with Gasteiger partial charge in [-0.1, -0.05) is 140 Å². The van der Waals surface area contributed by atoms with E-state index in [0.29, 0.717) is 17.5 Å². The van der Waals surface area contributed by atoms with Crippen LogP contribution in [-0.2, 0) is 6.42 Å². The quantitative estimate of drug-likeness (QED) is 0.175. The third kappa shape index (κ3) is 5.35. The molecule has 0 saturated carbocycles. The summed E-state index contributed by atoms with van der Waals surface area (Å²) in [5.41, 5.74) is 12.8. The maximum Gasteiger partial charge on any atom is 0.164 e. The Balaban J connectivity index is 1.08. The number of aromatic nitrogens is 3. The van der Waals surface area contributed by atoms with Crippen LogP contribution in [0.1, 0.15) is 35.6 Å². The molecule has 3 heterocycles. The second-order valence-electron chi connectivity index (χ2n) is 15.4. The fraction of sp³-hybridized carbons (Fsp3) is 0.0755. The number of allylic oxidation sites excluding steroid dienone is 4. The first-order chi connectivity index (χ1) is 28.7. The molecule has 0 N–H and O–H groups in total. The van der Waals surface area contributed by atoms with Crippen LogP contribution in [-0.4, -0.2) is 15.0 Å². The SMILES string of the molecule is C1=CC2=C(CC1)c1c(oc3ccccc13)CC2c1cc(-c2nc(-c3ccc(-c4ccccc4)cc3)nc(-c3ccc4ccccc4c3)n2)c2c(c1)oc1ccccc12. The van der Waals surface area contributed by atoms with Crippen LogP contribution in [0, 0.1) is 0 Å². The molecule has 0 saturated heterocycles. The standard InChI is InChI=1S/C53H35N3O2/c1-2-12-32(13-3-1)34-22-25-35(26-23-34)51-54-52(37-27-24-33-14-4-5-15-36(33)28-37)56-53(55-51)44-29-38(30-47-50(44)42-19-9-11-21-46(42)57-47)43-31-48-49(40-17-7-6-16-39(40)43)41-18-8-10-20-45(41)58-48/h1-6,8-16,18-30,43H,7,17,31H2. The molecule has 2 aliphatic carbocycles. The monoisotopic (exact) mass is 745 g/mol. The lowest BCUT2D eigenvalue weighted by molar-refractivity contribution is 0.526. The van der Waals surface area contributed by atoms with Gasteiger partial charge in [0.1, 0.15) is 22.5 Å². The number of fused-ring (bicyclic) bond motifs is 8. The van der Waals surface area contributed by atoms with E-state index in [2.05, 4.69) is 152 Å². The van der Waals surface area contributed by atoms with Gasteiger partial charge in [-0.05, 0) is 81.8 Å². The van der Waals surface area contributed by atoms with Crippen molar-refractivity contribution in [2.45, 2.75) is 25.2 Å². The number of para-hydroxylation sites is 2. The molecule has 0 aliphatic heterocycles. The highest BCUT2D eigenvalue weighted by atomic mass is 16.3. The maximum absolute atomic E-state index is 6.70. The number of hydrogen-bond acceptors (Lipinski definition) is 5. The fourth-order valence-electron chi connectivity index (χ4n) is 9.22. The largest absolute Gasteiger partial charge is 0.460 e. The average Bonchev–Trinajstić information content (AvgIpc) is 3.87. The molecule has 12 rings (SSSR count). The van der Waals surface area contributed by atoms with E-state index >= 15 is 0 Å². The van der Waals surface area contributed by atoms with Crippen LogP contribution in [0.25, 0.3) is 94.5 Å². The molecule has 274 valence electrons. The normalized spacial score (nSPS) is 15.1. The van der Waals surface area contributed by atoms with Crippen LogP contribution in [0.4, 0.5) is 0 Å². The molecule has 58 heavy (non-hydrogen) atoms. The van der Waals surface area contributed by atoms with Gasteiger partial charge >= 0.3 is 0 Å². The van der Waals surface area contributed by atoms with Gasteiger partial charge in [-0.25, -0.2) is 15.0 Å². The molecular formula is C53H35N3O2. The van der Waals surface area contributed by atoms with E-state index in [9.17, 15) is 0 Å². The number of rotatable bonds is 5. The summed E-state index contributed by atoms with van der Waals surface area (Å²) in [7, 11) is 0. The molecular weight excluding hydrogens is 711 g/mol. The van der Waals surface area contributed by atoms with Gasteiger partial charge in [0.2, 0.25) is 0 Å². The summed E-state index contributed by atoms with van der Waals surface area (Å²) in [5, 5.41) is 5.52. The van der Waals surface area contributed by atoms with Crippen molar-refractivity contribution in [3.63, 3.8) is 0 Å². The topological polar surface area (TPSA) is 65.0 Å². The summed E-state index contributed by atoms with van der Waals surface area (Å²) < 4.78 is 13.3. The van der Waals surface area contributed by atoms with Crippen LogP contribution >= 0.6 is 0 Å². The zero-order chi connectivity index (χ0) is 38.2. The van der Waals surface area contributed by atoms with Crippen molar-refractivity contribution in [3.05, 3.63) is 192 Å². The van der Waals surface area contributed by atoms with Crippen molar-refractivity contribution >= 4 is 49.3 Å². The summed E-state index contributed by atoms with van der Waals surface area (Å²) in [6, 6.07) is 55.0. The van der Waals surface area contributed by atoms with Gasteiger partial charge < -0.3 is 8.83 Å². The highest BCUT2D eigenvalue weighted by Gasteiger charge is 2.33. The second-order valence-corrected chi connectivity index (χ2v) is 15.4. The lowest BCUT2D eigenvalue weighted by Gasteiger charge is -2.29. The van der Waals surface area contributed by atoms with Gasteiger partial charge in [-0.2, -0.15) is 0 Å². The number of benzene rings is 7. The first-order valence-corrected chi connectivity index (χ1v) is 20.0. The van der Waals surface area contributed by atoms with Crippen LogP contribution in [0.2, 0.25) is 0 Å². The van der Waals surface area contributed by atoms with E-state index in [1.807, 2.05) is 18.2 Å². The lowest BCUT2D eigenvalue weighted by atomic mass is 9.74. The summed E-state index contributed by atoms with van der Waals surface area (Å²) in [6.45, 7) is 0. The Morgan fingerprint density at radius 2 is 1.16 bits per heavy atom. The Kier molecular flexibility index (Phi) is 7.42. The van der Waals surface area contributed by atoms with Crippen LogP contribution in [0.3, 0.4) is 0 Å². The van der Waals surface area contributed by atoms with Gasteiger partial charge in [0.15, 0.2) is 17.5 Å². The van der Waals surface area contributed by atoms with E-state index < -0.39 is 0 Å². The highest BCUT2D eigenvalue weighted by Crippen LogP contribution is 2.50. The van der Waals surface area contributed by atoms with Crippen molar-refractivity contribution in [3.8, 4) is 45.3 Å². The van der Waals surface area contributed by atoms with Gasteiger partial charge in [0.25, 0.3) is 0 Å². The van der Waals surface area contributed by atoms with Crippen molar-refractivity contribution < 1.29 is 8.83 Å². The molecule has 5 heteroatoms. The van der Waals surface area contributed by atoms with E-state index in [-0.39, 0.29) is 5.92 Å². The minimum atomic E-state index is 0.0581. The Bertz CT molecular complexity index is 3310. The van der Waals surface area contributed by atoms with Crippen molar-refractivity contribution in [1.29, 1.82) is 0 Å². The molecule has 3 aromatic heterocycles. The minimum absolute atomic E-state index is 0.0581. The molecule has 10 aromatic rings. The predicted octanol–water partition coefficient (Wildman–Crippen LogP) is 13.8. The van der Waals surface area contributed by atoms with Gasteiger partial charge in [0.05, 0.1) is 0 Å². The Labute approximate surface area is 334 Å². The Hall–Kier alpha value is -7.37. The van der Waals surface area contributed by atoms with Crippen molar-refractivity contribution in [2.24, 2.45) is 0 Å². The molecule has 0 radical (unpaired) electrons. The summed E-state index contributed by atoms with van der Waals surface area (Å²) >= 11 is 0. The molecule has 0 amide bonds. The number of furan rings is 2. The molecule has 1 atom stereocenters. The number of hydrogen-bond donors (Lipinski definition) is 0. The molecule has 0 spiro atoms. The molecule has 1 unspecified atom stereocenters. The second kappa shape index (κ2) is 13.1. The lowest BCUT2D eigenvalue weighted by Crippen LogP contribution is -2.15. The first kappa shape index (κ1) is 32.8. The molecule has 2 aliphatic rings. The smallest absolute Gasteiger partial charge is 0.164 e. The third-order valence-electron chi connectivity index (χ3n) is 12.0. The van der Waals surface area contributed by atoms with E-state index in [1.54, 1.807) is 0 Å². The average molecular weight is 746 g/mol. The van der Waals surface area contributed by atoms with Crippen LogP contribution in [0.15, 0.2) is 184 Å². The molecule has 0 fully saturated rings. The first-order valence-electron chi connectivity index (χ1n) is 20.0. The van der Waals surface area contributed by atoms with Crippen molar-refractivity contribution in [2.75, 3.05) is 0 Å². The summed E-state index contributed by atoms with van der Waals surface area (Å²) in [5.74, 6) is 2.94. The predicted molar refractivity (Wildman–Crippen MR) is 234 cm³/mol. The van der Waals surface area contributed by atoms with Gasteiger partial charge in [0, 0.05) is 50.8 Å². The minimum Gasteiger partial charge on any atom is -0.460 e. The van der Waals surface area contributed by atoms with Gasteiger partial charge in [-0.15, -0.1) is 0 Å². The van der Waals surface area contributed by atoms with Crippen LogP contribution in [0.5, 0.6) is 0 Å². The van der Waals surface area contributed by atoms with Gasteiger partial charge in [-0.3, -0.25) is 0 Å². The zero-order valence-corrected chi connectivity index (χ0v) is 31.5. The van der Waals surface area contributed by atoms with E-state index in [1.165, 1.54) is 27.5 Å². The fourth-order valence-corrected chi connectivity index (χ4v) is 9.22. The van der Waals surface area contributed by atoms with Crippen molar-refractivity contribution in [1.82, 2.24) is 15.0 Å².